The summed E-state index contributed by atoms with van der Waals surface area (Å²) >= 11 is 0. The molecule has 0 aliphatic carbocycles. The molecule has 2 nitrogen and oxygen atoms in total. The van der Waals surface area contributed by atoms with Gasteiger partial charge in [-0.25, -0.2) is 0 Å². The second-order valence-corrected chi connectivity index (χ2v) is 2.96. The first-order chi connectivity index (χ1) is 7.36. The maximum Gasteiger partial charge on any atom is 0.142 e. The number of rotatable bonds is 3. The van der Waals surface area contributed by atoms with Gasteiger partial charge in [0, 0.05) is 18.5 Å². The van der Waals surface area contributed by atoms with Gasteiger partial charge in [0.25, 0.3) is 0 Å². The van der Waals surface area contributed by atoms with Crippen LogP contribution in [0.25, 0.3) is 6.08 Å². The Morgan fingerprint density at radius 2 is 2.00 bits per heavy atom. The van der Waals surface area contributed by atoms with Gasteiger partial charge in [-0.15, -0.1) is 0 Å². The first-order valence-electron chi connectivity index (χ1n) is 4.77. The first kappa shape index (κ1) is 11.2. The van der Waals surface area contributed by atoms with Crippen LogP contribution in [0, 0.1) is 11.8 Å². The van der Waals surface area contributed by atoms with Crippen LogP contribution >= 0.6 is 0 Å². The van der Waals surface area contributed by atoms with E-state index in [1.165, 1.54) is 6.08 Å². The lowest BCUT2D eigenvalue weighted by Crippen LogP contribution is -1.95. The zero-order valence-corrected chi connectivity index (χ0v) is 8.44. The smallest absolute Gasteiger partial charge is 0.142 e. The van der Waals surface area contributed by atoms with Crippen molar-refractivity contribution < 1.29 is 4.79 Å². The highest BCUT2D eigenvalue weighted by Crippen LogP contribution is 2.04. The molecule has 2 N–H and O–H groups in total. The Morgan fingerprint density at radius 1 is 1.27 bits per heavy atom. The van der Waals surface area contributed by atoms with Crippen molar-refractivity contribution >= 4 is 12.4 Å². The number of carbonyl (C=O) groups is 1. The van der Waals surface area contributed by atoms with Crippen molar-refractivity contribution in [2.75, 3.05) is 6.54 Å². The summed E-state index contributed by atoms with van der Waals surface area (Å²) in [4.78, 5) is 10.1. The molecule has 15 heavy (non-hydrogen) atoms. The highest BCUT2D eigenvalue weighted by atomic mass is 16.1. The zero-order valence-electron chi connectivity index (χ0n) is 8.44. The molecule has 0 unspecified atom stereocenters. The molecule has 0 aromatic heterocycles. The van der Waals surface area contributed by atoms with Crippen LogP contribution in [0.3, 0.4) is 0 Å². The van der Waals surface area contributed by atoms with Gasteiger partial charge < -0.3 is 5.73 Å². The normalized spacial score (nSPS) is 9.67. The van der Waals surface area contributed by atoms with Crippen LogP contribution in [0.4, 0.5) is 0 Å². The predicted octanol–water partition coefficient (Wildman–Crippen LogP) is 1.60. The van der Waals surface area contributed by atoms with Crippen molar-refractivity contribution in [3.8, 4) is 11.8 Å². The SMILES string of the molecule is NCCC#Cc1ccc(/C=C/C=O)cc1. The van der Waals surface area contributed by atoms with Crippen molar-refractivity contribution in [3.63, 3.8) is 0 Å². The molecule has 0 saturated carbocycles. The van der Waals surface area contributed by atoms with Crippen molar-refractivity contribution in [1.29, 1.82) is 0 Å². The molecule has 76 valence electrons. The summed E-state index contributed by atoms with van der Waals surface area (Å²) in [5.74, 6) is 5.97. The molecule has 0 radical (unpaired) electrons. The largest absolute Gasteiger partial charge is 0.330 e. The van der Waals surface area contributed by atoms with Gasteiger partial charge in [0.05, 0.1) is 0 Å². The molecule has 1 aromatic carbocycles. The van der Waals surface area contributed by atoms with E-state index in [4.69, 9.17) is 5.73 Å². The molecule has 0 heterocycles. The second-order valence-electron chi connectivity index (χ2n) is 2.96. The third kappa shape index (κ3) is 4.26. The fourth-order valence-electron chi connectivity index (χ4n) is 1.06. The van der Waals surface area contributed by atoms with Crippen LogP contribution in [0.15, 0.2) is 30.3 Å². The van der Waals surface area contributed by atoms with E-state index in [1.54, 1.807) is 6.08 Å². The van der Waals surface area contributed by atoms with Crippen LogP contribution in [0.5, 0.6) is 0 Å². The molecule has 0 spiro atoms. The van der Waals surface area contributed by atoms with Gasteiger partial charge >= 0.3 is 0 Å². The zero-order chi connectivity index (χ0) is 10.9. The molecular formula is C13H13NO. The predicted molar refractivity (Wildman–Crippen MR) is 62.1 cm³/mol. The van der Waals surface area contributed by atoms with E-state index in [2.05, 4.69) is 11.8 Å². The lowest BCUT2D eigenvalue weighted by atomic mass is 10.1. The van der Waals surface area contributed by atoms with Crippen LogP contribution < -0.4 is 5.73 Å². The molecule has 1 rings (SSSR count). The summed E-state index contributed by atoms with van der Waals surface area (Å²) in [6.07, 6.45) is 4.70. The Hall–Kier alpha value is -1.85. The Morgan fingerprint density at radius 3 is 2.60 bits per heavy atom. The summed E-state index contributed by atoms with van der Waals surface area (Å²) in [6.45, 7) is 0.590. The van der Waals surface area contributed by atoms with Gasteiger partial charge in [0.1, 0.15) is 6.29 Å². The molecule has 0 aliphatic heterocycles. The molecule has 0 fully saturated rings. The minimum Gasteiger partial charge on any atom is -0.330 e. The van der Waals surface area contributed by atoms with Crippen molar-refractivity contribution in [3.05, 3.63) is 41.5 Å². The molecule has 0 amide bonds. The monoisotopic (exact) mass is 199 g/mol. The van der Waals surface area contributed by atoms with Gasteiger partial charge in [-0.2, -0.15) is 0 Å². The van der Waals surface area contributed by atoms with E-state index in [0.717, 1.165) is 17.4 Å². The van der Waals surface area contributed by atoms with Gasteiger partial charge in [-0.1, -0.05) is 30.0 Å². The Kier molecular flexibility index (Phi) is 4.93. The number of aldehydes is 1. The number of carbonyl (C=O) groups excluding carboxylic acids is 1. The van der Waals surface area contributed by atoms with E-state index in [-0.39, 0.29) is 0 Å². The minimum atomic E-state index is 0.590. The average Bonchev–Trinajstić information content (AvgIpc) is 2.28. The maximum atomic E-state index is 10.1. The molecule has 0 atom stereocenters. The average molecular weight is 199 g/mol. The number of nitrogens with two attached hydrogens (primary N) is 1. The molecule has 0 bridgehead atoms. The van der Waals surface area contributed by atoms with Crippen LogP contribution in [-0.2, 0) is 4.79 Å². The standard InChI is InChI=1S/C13H13NO/c14-10-2-1-4-12-6-8-13(9-7-12)5-3-11-15/h3,5-9,11H,2,10,14H2/b5-3+. The third-order valence-corrected chi connectivity index (χ3v) is 1.78. The van der Waals surface area contributed by atoms with E-state index >= 15 is 0 Å². The van der Waals surface area contributed by atoms with Crippen molar-refractivity contribution in [1.82, 2.24) is 0 Å². The third-order valence-electron chi connectivity index (χ3n) is 1.78. The fourth-order valence-corrected chi connectivity index (χ4v) is 1.06. The Balaban J connectivity index is 2.69. The van der Waals surface area contributed by atoms with Gasteiger partial charge in [-0.3, -0.25) is 4.79 Å². The fraction of sp³-hybridized carbons (Fsp3) is 0.154. The summed E-state index contributed by atoms with van der Waals surface area (Å²) in [5.41, 5.74) is 7.28. The Bertz CT molecular complexity index is 393. The summed E-state index contributed by atoms with van der Waals surface area (Å²) in [5, 5.41) is 0. The van der Waals surface area contributed by atoms with Crippen molar-refractivity contribution in [2.45, 2.75) is 6.42 Å². The minimum absolute atomic E-state index is 0.590. The molecule has 0 aliphatic rings. The van der Waals surface area contributed by atoms with Crippen LogP contribution in [0.1, 0.15) is 17.5 Å². The maximum absolute atomic E-state index is 10.1. The van der Waals surface area contributed by atoms with E-state index in [9.17, 15) is 4.79 Å². The molecule has 2 heteroatoms. The lowest BCUT2D eigenvalue weighted by molar-refractivity contribution is -0.104. The number of hydrogen-bond donors (Lipinski definition) is 1. The van der Waals surface area contributed by atoms with E-state index < -0.39 is 0 Å². The lowest BCUT2D eigenvalue weighted by Gasteiger charge is -1.92. The molecule has 0 saturated heterocycles. The second kappa shape index (κ2) is 6.58. The number of allylic oxidation sites excluding steroid dienone is 1. The first-order valence-corrected chi connectivity index (χ1v) is 4.77. The van der Waals surface area contributed by atoms with Gasteiger partial charge in [-0.05, 0) is 23.8 Å². The van der Waals surface area contributed by atoms with Crippen LogP contribution in [0.2, 0.25) is 0 Å². The van der Waals surface area contributed by atoms with Crippen LogP contribution in [-0.4, -0.2) is 12.8 Å². The summed E-state index contributed by atoms with van der Waals surface area (Å²) in [7, 11) is 0. The molecular weight excluding hydrogens is 186 g/mol. The highest BCUT2D eigenvalue weighted by molar-refractivity contribution is 5.73. The van der Waals surface area contributed by atoms with Gasteiger partial charge in [0.15, 0.2) is 0 Å². The quantitative estimate of drug-likeness (QED) is 0.456. The van der Waals surface area contributed by atoms with Gasteiger partial charge in [0.2, 0.25) is 0 Å². The molecule has 1 aromatic rings. The Labute approximate surface area is 89.8 Å². The highest BCUT2D eigenvalue weighted by Gasteiger charge is 1.87. The van der Waals surface area contributed by atoms with Crippen molar-refractivity contribution in [2.24, 2.45) is 5.73 Å². The number of hydrogen-bond acceptors (Lipinski definition) is 2. The summed E-state index contributed by atoms with van der Waals surface area (Å²) in [6, 6.07) is 7.70. The number of benzene rings is 1. The van der Waals surface area contributed by atoms with E-state index in [1.807, 2.05) is 24.3 Å². The van der Waals surface area contributed by atoms with E-state index in [0.29, 0.717) is 13.0 Å². The topological polar surface area (TPSA) is 43.1 Å². The summed E-state index contributed by atoms with van der Waals surface area (Å²) < 4.78 is 0.